The summed E-state index contributed by atoms with van der Waals surface area (Å²) in [7, 11) is 0. The average Bonchev–Trinajstić information content (AvgIpc) is 3.02. The first-order valence-corrected chi connectivity index (χ1v) is 9.36. The summed E-state index contributed by atoms with van der Waals surface area (Å²) in [5.41, 5.74) is 2.30. The van der Waals surface area contributed by atoms with E-state index in [0.29, 0.717) is 31.4 Å². The van der Waals surface area contributed by atoms with E-state index in [0.717, 1.165) is 16.9 Å². The summed E-state index contributed by atoms with van der Waals surface area (Å²) in [4.78, 5) is 12.5. The Morgan fingerprint density at radius 1 is 1.07 bits per heavy atom. The van der Waals surface area contributed by atoms with Crippen LogP contribution in [0.25, 0.3) is 11.1 Å². The van der Waals surface area contributed by atoms with Crippen LogP contribution in [0, 0.1) is 16.7 Å². The second-order valence-electron chi connectivity index (χ2n) is 7.16. The lowest BCUT2D eigenvalue weighted by atomic mass is 9.78. The van der Waals surface area contributed by atoms with E-state index in [1.165, 1.54) is 0 Å². The minimum Gasteiger partial charge on any atom is -0.491 e. The zero-order valence-corrected chi connectivity index (χ0v) is 15.9. The number of benzene rings is 2. The Hall–Kier alpha value is -3.32. The van der Waals surface area contributed by atoms with Gasteiger partial charge in [0.2, 0.25) is 5.91 Å². The van der Waals surface area contributed by atoms with Crippen molar-refractivity contribution >= 4 is 5.91 Å². The molecule has 1 amide bonds. The van der Waals surface area contributed by atoms with Crippen molar-refractivity contribution in [2.45, 2.75) is 25.3 Å². The molecular formula is C24H24N2O2. The van der Waals surface area contributed by atoms with Gasteiger partial charge in [0.05, 0.1) is 23.1 Å². The van der Waals surface area contributed by atoms with Gasteiger partial charge in [0, 0.05) is 0 Å². The lowest BCUT2D eigenvalue weighted by molar-refractivity contribution is -0.127. The monoisotopic (exact) mass is 372 g/mol. The highest BCUT2D eigenvalue weighted by atomic mass is 16.5. The maximum absolute atomic E-state index is 12.5. The first kappa shape index (κ1) is 19.4. The topological polar surface area (TPSA) is 62.1 Å². The van der Waals surface area contributed by atoms with Crippen molar-refractivity contribution in [3.05, 3.63) is 79.4 Å². The maximum Gasteiger partial charge on any atom is 0.227 e. The second kappa shape index (κ2) is 8.58. The van der Waals surface area contributed by atoms with E-state index in [1.807, 2.05) is 36.4 Å². The van der Waals surface area contributed by atoms with E-state index in [-0.39, 0.29) is 11.9 Å². The van der Waals surface area contributed by atoms with Gasteiger partial charge < -0.3 is 10.1 Å². The molecule has 4 nitrogen and oxygen atoms in total. The fourth-order valence-electron chi connectivity index (χ4n) is 3.72. The zero-order valence-electron chi connectivity index (χ0n) is 15.9. The molecule has 0 aromatic heterocycles. The van der Waals surface area contributed by atoms with E-state index in [1.54, 1.807) is 24.3 Å². The number of ether oxygens (including phenoxy) is 1. The summed E-state index contributed by atoms with van der Waals surface area (Å²) in [6.07, 6.45) is 5.59. The number of nitrogens with one attached hydrogen (secondary N) is 1. The van der Waals surface area contributed by atoms with E-state index in [9.17, 15) is 4.79 Å². The number of hydrogen-bond donors (Lipinski definition) is 1. The third kappa shape index (κ3) is 4.15. The highest BCUT2D eigenvalue weighted by Gasteiger charge is 2.44. The third-order valence-electron chi connectivity index (χ3n) is 5.18. The van der Waals surface area contributed by atoms with Gasteiger partial charge in [-0.25, -0.2) is 0 Å². The Bertz CT molecular complexity index is 882. The smallest absolute Gasteiger partial charge is 0.227 e. The first-order chi connectivity index (χ1) is 13.6. The van der Waals surface area contributed by atoms with Crippen molar-refractivity contribution in [3.8, 4) is 22.9 Å². The van der Waals surface area contributed by atoms with Crippen molar-refractivity contribution in [1.82, 2.24) is 5.32 Å². The van der Waals surface area contributed by atoms with Gasteiger partial charge >= 0.3 is 0 Å². The quantitative estimate of drug-likeness (QED) is 0.687. The highest BCUT2D eigenvalue weighted by Crippen LogP contribution is 2.38. The van der Waals surface area contributed by atoms with E-state index in [4.69, 9.17) is 10.00 Å². The fraction of sp³-hybridized carbons (Fsp3) is 0.250. The van der Waals surface area contributed by atoms with Crippen LogP contribution in [0.3, 0.4) is 0 Å². The predicted octanol–water partition coefficient (Wildman–Crippen LogP) is 4.63. The van der Waals surface area contributed by atoms with Crippen molar-refractivity contribution in [3.63, 3.8) is 0 Å². The molecule has 2 aromatic rings. The predicted molar refractivity (Wildman–Crippen MR) is 111 cm³/mol. The van der Waals surface area contributed by atoms with E-state index >= 15 is 0 Å². The number of nitrogens with zero attached hydrogens (tertiary/aromatic N) is 1. The normalized spacial score (nSPS) is 17.4. The van der Waals surface area contributed by atoms with Crippen LogP contribution in [0.1, 0.15) is 24.8 Å². The maximum atomic E-state index is 12.5. The average molecular weight is 372 g/mol. The number of rotatable bonds is 8. The van der Waals surface area contributed by atoms with Crippen molar-refractivity contribution in [1.29, 1.82) is 5.26 Å². The SMILES string of the molecule is C=CCC1(CC=C)CC(COc2ccc(-c3ccc(C#N)cc3)cc2)NC1=O. The van der Waals surface area contributed by atoms with Gasteiger partial charge in [-0.05, 0) is 54.7 Å². The Kier molecular flexibility index (Phi) is 5.96. The Morgan fingerprint density at radius 3 is 2.18 bits per heavy atom. The molecule has 0 bridgehead atoms. The van der Waals surface area contributed by atoms with Crippen molar-refractivity contribution < 1.29 is 9.53 Å². The highest BCUT2D eigenvalue weighted by molar-refractivity contribution is 5.85. The molecule has 1 saturated heterocycles. The lowest BCUT2D eigenvalue weighted by Crippen LogP contribution is -2.33. The van der Waals surface area contributed by atoms with E-state index < -0.39 is 5.41 Å². The van der Waals surface area contributed by atoms with Gasteiger partial charge in [0.15, 0.2) is 0 Å². The minimum atomic E-state index is -0.447. The number of carbonyl (C=O) groups excluding carboxylic acids is 1. The molecule has 3 rings (SSSR count). The molecule has 1 fully saturated rings. The molecule has 0 aliphatic carbocycles. The largest absolute Gasteiger partial charge is 0.491 e. The Labute approximate surface area is 166 Å². The Balaban J connectivity index is 1.60. The standard InChI is InChI=1S/C24H24N2O2/c1-3-13-24(14-4-2)15-21(26-23(24)27)17-28-22-11-9-20(10-12-22)19-7-5-18(16-25)6-8-19/h3-12,21H,1-2,13-15,17H2,(H,26,27). The van der Waals surface area contributed by atoms with Crippen LogP contribution in [0.2, 0.25) is 0 Å². The molecule has 1 N–H and O–H groups in total. The molecule has 1 aliphatic heterocycles. The minimum absolute atomic E-state index is 0.0226. The van der Waals surface area contributed by atoms with Gasteiger partial charge in [-0.2, -0.15) is 5.26 Å². The molecule has 1 heterocycles. The molecule has 0 saturated carbocycles. The van der Waals surface area contributed by atoms with Crippen LogP contribution < -0.4 is 10.1 Å². The van der Waals surface area contributed by atoms with Crippen LogP contribution in [0.5, 0.6) is 5.75 Å². The molecule has 1 aliphatic rings. The summed E-state index contributed by atoms with van der Waals surface area (Å²) >= 11 is 0. The third-order valence-corrected chi connectivity index (χ3v) is 5.18. The number of allylic oxidation sites excluding steroid dienone is 2. The number of carbonyl (C=O) groups is 1. The summed E-state index contributed by atoms with van der Waals surface area (Å²) in [6.45, 7) is 8.00. The molecular weight excluding hydrogens is 348 g/mol. The molecule has 142 valence electrons. The summed E-state index contributed by atoms with van der Waals surface area (Å²) in [5.74, 6) is 0.814. The van der Waals surface area contributed by atoms with Gasteiger partial charge in [0.1, 0.15) is 12.4 Å². The summed E-state index contributed by atoms with van der Waals surface area (Å²) in [6, 6.07) is 17.4. The molecule has 28 heavy (non-hydrogen) atoms. The van der Waals surface area contributed by atoms with Crippen LogP contribution in [-0.2, 0) is 4.79 Å². The van der Waals surface area contributed by atoms with Gasteiger partial charge in [-0.3, -0.25) is 4.79 Å². The first-order valence-electron chi connectivity index (χ1n) is 9.36. The van der Waals surface area contributed by atoms with E-state index in [2.05, 4.69) is 24.5 Å². The van der Waals surface area contributed by atoms with Gasteiger partial charge in [-0.1, -0.05) is 36.4 Å². The number of hydrogen-bond acceptors (Lipinski definition) is 3. The molecule has 1 unspecified atom stereocenters. The molecule has 1 atom stereocenters. The van der Waals surface area contributed by atoms with Crippen LogP contribution in [0.15, 0.2) is 73.8 Å². The number of amides is 1. The van der Waals surface area contributed by atoms with Crippen LogP contribution >= 0.6 is 0 Å². The molecule has 0 radical (unpaired) electrons. The molecule has 0 spiro atoms. The number of nitriles is 1. The van der Waals surface area contributed by atoms with Crippen LogP contribution in [0.4, 0.5) is 0 Å². The van der Waals surface area contributed by atoms with Crippen molar-refractivity contribution in [2.24, 2.45) is 5.41 Å². The van der Waals surface area contributed by atoms with Gasteiger partial charge in [0.25, 0.3) is 0 Å². The fourth-order valence-corrected chi connectivity index (χ4v) is 3.72. The van der Waals surface area contributed by atoms with Crippen molar-refractivity contribution in [2.75, 3.05) is 6.61 Å². The lowest BCUT2D eigenvalue weighted by Gasteiger charge is -2.22. The van der Waals surface area contributed by atoms with Crippen LogP contribution in [-0.4, -0.2) is 18.6 Å². The molecule has 4 heteroatoms. The molecule has 2 aromatic carbocycles. The summed E-state index contributed by atoms with van der Waals surface area (Å²) in [5, 5.41) is 11.9. The van der Waals surface area contributed by atoms with Gasteiger partial charge in [-0.15, -0.1) is 13.2 Å². The Morgan fingerprint density at radius 2 is 1.64 bits per heavy atom. The zero-order chi connectivity index (χ0) is 20.0. The summed E-state index contributed by atoms with van der Waals surface area (Å²) < 4.78 is 5.91. The second-order valence-corrected chi connectivity index (χ2v) is 7.16.